The number of benzene rings is 1. The Morgan fingerprint density at radius 2 is 2.28 bits per heavy atom. The Labute approximate surface area is 176 Å². The van der Waals surface area contributed by atoms with Gasteiger partial charge in [-0.2, -0.15) is 5.26 Å². The topological polar surface area (TPSA) is 87.8 Å². The number of hydrogen-bond donors (Lipinski definition) is 1. The summed E-state index contributed by atoms with van der Waals surface area (Å²) in [6, 6.07) is 10.7. The summed E-state index contributed by atoms with van der Waals surface area (Å²) in [5.74, 6) is -0.231. The summed E-state index contributed by atoms with van der Waals surface area (Å²) < 4.78 is 1.55. The molecule has 1 atom stereocenters. The Bertz CT molecular complexity index is 1170. The maximum Gasteiger partial charge on any atom is 0.263 e. The third-order valence-corrected chi connectivity index (χ3v) is 6.50. The average molecular weight is 425 g/mol. The second kappa shape index (κ2) is 9.07. The second-order valence-electron chi connectivity index (χ2n) is 6.33. The van der Waals surface area contributed by atoms with Gasteiger partial charge in [-0.1, -0.05) is 30.8 Å². The van der Waals surface area contributed by atoms with E-state index in [9.17, 15) is 9.59 Å². The number of aryl methyl sites for hydroxylation is 1. The molecule has 2 aromatic heterocycles. The molecule has 3 aromatic rings. The molecule has 1 N–H and O–H groups in total. The molecule has 2 heterocycles. The average Bonchev–Trinajstić information content (AvgIpc) is 3.14. The standard InChI is InChI=1S/C21H20N4O2S2/c1-4-9-25-20(27)17-11-16(5-2)29-19(17)24-21(25)28-13(3)18(26)23-15-8-6-7-14(10-15)12-22/h4,6-8,10-11,13H,1,5,9H2,2-3H3,(H,23,26)/t13-/m0/s1. The molecule has 6 nitrogen and oxygen atoms in total. The van der Waals surface area contributed by atoms with E-state index in [1.54, 1.807) is 41.8 Å². The van der Waals surface area contributed by atoms with Crippen LogP contribution in [-0.2, 0) is 17.8 Å². The first-order valence-electron chi connectivity index (χ1n) is 9.08. The third-order valence-electron chi connectivity index (χ3n) is 4.24. The monoisotopic (exact) mass is 424 g/mol. The van der Waals surface area contributed by atoms with Crippen LogP contribution in [0, 0.1) is 11.3 Å². The summed E-state index contributed by atoms with van der Waals surface area (Å²) in [6.45, 7) is 7.84. The number of thioether (sulfide) groups is 1. The molecule has 0 aliphatic rings. The van der Waals surface area contributed by atoms with E-state index < -0.39 is 5.25 Å². The van der Waals surface area contributed by atoms with Crippen LogP contribution in [0.5, 0.6) is 0 Å². The van der Waals surface area contributed by atoms with E-state index in [0.717, 1.165) is 11.3 Å². The number of rotatable bonds is 7. The Morgan fingerprint density at radius 1 is 1.48 bits per heavy atom. The van der Waals surface area contributed by atoms with Crippen molar-refractivity contribution in [3.63, 3.8) is 0 Å². The van der Waals surface area contributed by atoms with Gasteiger partial charge in [-0.15, -0.1) is 17.9 Å². The van der Waals surface area contributed by atoms with Crippen LogP contribution in [0.2, 0.25) is 0 Å². The molecule has 148 valence electrons. The van der Waals surface area contributed by atoms with E-state index in [1.807, 2.05) is 19.1 Å². The number of amides is 1. The Hall–Kier alpha value is -2.89. The number of nitrogens with one attached hydrogen (secondary N) is 1. The van der Waals surface area contributed by atoms with Crippen LogP contribution in [0.3, 0.4) is 0 Å². The van der Waals surface area contributed by atoms with Crippen molar-refractivity contribution in [3.8, 4) is 6.07 Å². The summed E-state index contributed by atoms with van der Waals surface area (Å²) in [5, 5.41) is 12.4. The van der Waals surface area contributed by atoms with Crippen LogP contribution in [0.4, 0.5) is 5.69 Å². The number of anilines is 1. The molecule has 0 bridgehead atoms. The summed E-state index contributed by atoms with van der Waals surface area (Å²) in [6.07, 6.45) is 2.48. The van der Waals surface area contributed by atoms with Crippen LogP contribution in [0.25, 0.3) is 10.2 Å². The van der Waals surface area contributed by atoms with Gasteiger partial charge < -0.3 is 5.32 Å². The Morgan fingerprint density at radius 3 is 2.97 bits per heavy atom. The number of nitrogens with zero attached hydrogens (tertiary/aromatic N) is 3. The molecule has 0 saturated carbocycles. The number of carbonyl (C=O) groups excluding carboxylic acids is 1. The van der Waals surface area contributed by atoms with Crippen molar-refractivity contribution in [3.05, 3.63) is 63.8 Å². The van der Waals surface area contributed by atoms with Gasteiger partial charge in [0, 0.05) is 17.1 Å². The molecular formula is C21H20N4O2S2. The normalized spacial score (nSPS) is 11.8. The van der Waals surface area contributed by atoms with E-state index in [4.69, 9.17) is 5.26 Å². The highest BCUT2D eigenvalue weighted by atomic mass is 32.2. The third kappa shape index (κ3) is 4.58. The van der Waals surface area contributed by atoms with Gasteiger partial charge in [0.2, 0.25) is 5.91 Å². The van der Waals surface area contributed by atoms with Gasteiger partial charge in [0.15, 0.2) is 5.16 Å². The Kier molecular flexibility index (Phi) is 6.52. The van der Waals surface area contributed by atoms with E-state index in [-0.39, 0.29) is 11.5 Å². The smallest absolute Gasteiger partial charge is 0.263 e. The molecule has 0 aliphatic heterocycles. The summed E-state index contributed by atoms with van der Waals surface area (Å²) in [4.78, 5) is 32.0. The number of nitriles is 1. The minimum Gasteiger partial charge on any atom is -0.325 e. The SMILES string of the molecule is C=CCn1c(S[C@@H](C)C(=O)Nc2cccc(C#N)c2)nc2sc(CC)cc2c1=O. The quantitative estimate of drug-likeness (QED) is 0.349. The van der Waals surface area contributed by atoms with Gasteiger partial charge >= 0.3 is 0 Å². The van der Waals surface area contributed by atoms with Crippen LogP contribution in [-0.4, -0.2) is 20.7 Å². The first kappa shape index (κ1) is 20.8. The molecule has 0 fully saturated rings. The summed E-state index contributed by atoms with van der Waals surface area (Å²) in [7, 11) is 0. The molecule has 0 unspecified atom stereocenters. The van der Waals surface area contributed by atoms with Crippen LogP contribution < -0.4 is 10.9 Å². The molecule has 0 aliphatic carbocycles. The van der Waals surface area contributed by atoms with Crippen molar-refractivity contribution in [2.24, 2.45) is 0 Å². The molecule has 1 amide bonds. The summed E-state index contributed by atoms with van der Waals surface area (Å²) >= 11 is 2.73. The number of carbonyl (C=O) groups is 1. The second-order valence-corrected chi connectivity index (χ2v) is 8.75. The zero-order valence-corrected chi connectivity index (χ0v) is 17.8. The fourth-order valence-corrected chi connectivity index (χ4v) is 4.65. The molecule has 0 saturated heterocycles. The van der Waals surface area contributed by atoms with E-state index >= 15 is 0 Å². The number of thiophene rings is 1. The van der Waals surface area contributed by atoms with Crippen molar-refractivity contribution in [1.29, 1.82) is 5.26 Å². The minimum atomic E-state index is -0.494. The first-order valence-corrected chi connectivity index (χ1v) is 10.8. The number of allylic oxidation sites excluding steroid dienone is 1. The fraction of sp³-hybridized carbons (Fsp3) is 0.238. The maximum absolute atomic E-state index is 12.9. The zero-order chi connectivity index (χ0) is 21.0. The van der Waals surface area contributed by atoms with Crippen LogP contribution in [0.1, 0.15) is 24.3 Å². The molecule has 0 radical (unpaired) electrons. The fourth-order valence-electron chi connectivity index (χ4n) is 2.72. The molecule has 0 spiro atoms. The number of fused-ring (bicyclic) bond motifs is 1. The first-order chi connectivity index (χ1) is 14.0. The Balaban J connectivity index is 1.88. The highest BCUT2D eigenvalue weighted by Gasteiger charge is 2.20. The van der Waals surface area contributed by atoms with Crippen molar-refractivity contribution in [1.82, 2.24) is 9.55 Å². The molecule has 29 heavy (non-hydrogen) atoms. The zero-order valence-electron chi connectivity index (χ0n) is 16.1. The number of hydrogen-bond acceptors (Lipinski definition) is 6. The van der Waals surface area contributed by atoms with Gasteiger partial charge in [0.25, 0.3) is 5.56 Å². The van der Waals surface area contributed by atoms with Gasteiger partial charge in [-0.25, -0.2) is 4.98 Å². The summed E-state index contributed by atoms with van der Waals surface area (Å²) in [5.41, 5.74) is 0.904. The van der Waals surface area contributed by atoms with E-state index in [0.29, 0.717) is 33.2 Å². The van der Waals surface area contributed by atoms with E-state index in [2.05, 4.69) is 16.9 Å². The maximum atomic E-state index is 12.9. The predicted molar refractivity (Wildman–Crippen MR) is 119 cm³/mol. The van der Waals surface area contributed by atoms with Gasteiger partial charge in [0.05, 0.1) is 22.3 Å². The highest BCUT2D eigenvalue weighted by molar-refractivity contribution is 8.00. The lowest BCUT2D eigenvalue weighted by atomic mass is 10.2. The minimum absolute atomic E-state index is 0.123. The van der Waals surface area contributed by atoms with Crippen molar-refractivity contribution < 1.29 is 4.79 Å². The van der Waals surface area contributed by atoms with Crippen molar-refractivity contribution in [2.75, 3.05) is 5.32 Å². The van der Waals surface area contributed by atoms with Crippen LogP contribution in [0.15, 0.2) is 52.9 Å². The number of aromatic nitrogens is 2. The lowest BCUT2D eigenvalue weighted by Crippen LogP contribution is -2.26. The van der Waals surface area contributed by atoms with Crippen molar-refractivity contribution >= 4 is 44.9 Å². The van der Waals surface area contributed by atoms with Gasteiger partial charge in [-0.3, -0.25) is 14.2 Å². The largest absolute Gasteiger partial charge is 0.325 e. The van der Waals surface area contributed by atoms with Crippen molar-refractivity contribution in [2.45, 2.75) is 37.2 Å². The predicted octanol–water partition coefficient (Wildman–Crippen LogP) is 4.20. The van der Waals surface area contributed by atoms with E-state index in [1.165, 1.54) is 23.1 Å². The highest BCUT2D eigenvalue weighted by Crippen LogP contribution is 2.27. The lowest BCUT2D eigenvalue weighted by Gasteiger charge is -2.15. The van der Waals surface area contributed by atoms with Gasteiger partial charge in [-0.05, 0) is 37.6 Å². The molecular weight excluding hydrogens is 404 g/mol. The lowest BCUT2D eigenvalue weighted by molar-refractivity contribution is -0.115. The van der Waals surface area contributed by atoms with Crippen LogP contribution >= 0.6 is 23.1 Å². The molecule has 3 rings (SSSR count). The molecule has 8 heteroatoms. The van der Waals surface area contributed by atoms with Gasteiger partial charge in [0.1, 0.15) is 4.83 Å². The molecule has 1 aromatic carbocycles.